The standard InChI is InChI=1S/C18H18ClNO3/c1-13(21)16(11-14-7-3-2-4-8-14)20-18(22)12-23-17-10-6-5-9-15(17)19/h2-10,16H,11-12H2,1H3,(H,20,22)/t16-/m1/s1. The summed E-state index contributed by atoms with van der Waals surface area (Å²) in [5.74, 6) is -0.0206. The van der Waals surface area contributed by atoms with Crippen LogP contribution in [0.15, 0.2) is 54.6 Å². The number of ketones is 1. The van der Waals surface area contributed by atoms with Crippen molar-refractivity contribution < 1.29 is 14.3 Å². The number of hydrogen-bond acceptors (Lipinski definition) is 3. The van der Waals surface area contributed by atoms with Crippen LogP contribution in [0.25, 0.3) is 0 Å². The van der Waals surface area contributed by atoms with E-state index in [1.807, 2.05) is 30.3 Å². The number of hydrogen-bond donors (Lipinski definition) is 1. The Hall–Kier alpha value is -2.33. The smallest absolute Gasteiger partial charge is 0.258 e. The van der Waals surface area contributed by atoms with Gasteiger partial charge in [0, 0.05) is 0 Å². The molecule has 2 rings (SSSR count). The number of carbonyl (C=O) groups excluding carboxylic acids is 2. The van der Waals surface area contributed by atoms with Gasteiger partial charge in [0.2, 0.25) is 0 Å². The molecule has 0 fully saturated rings. The van der Waals surface area contributed by atoms with E-state index in [9.17, 15) is 9.59 Å². The first kappa shape index (κ1) is 17.0. The molecule has 23 heavy (non-hydrogen) atoms. The van der Waals surface area contributed by atoms with E-state index in [0.717, 1.165) is 5.56 Å². The van der Waals surface area contributed by atoms with Gasteiger partial charge in [0.1, 0.15) is 5.75 Å². The number of Topliss-reactive ketones (excluding diaryl/α,β-unsaturated/α-hetero) is 1. The second-order valence-corrected chi connectivity index (χ2v) is 5.55. The van der Waals surface area contributed by atoms with Gasteiger partial charge in [-0.1, -0.05) is 54.1 Å². The molecule has 0 aliphatic heterocycles. The molecule has 0 aliphatic rings. The van der Waals surface area contributed by atoms with Gasteiger partial charge in [0.05, 0.1) is 11.1 Å². The highest BCUT2D eigenvalue weighted by atomic mass is 35.5. The summed E-state index contributed by atoms with van der Waals surface area (Å²) < 4.78 is 5.37. The van der Waals surface area contributed by atoms with Crippen molar-refractivity contribution in [3.8, 4) is 5.75 Å². The number of benzene rings is 2. The van der Waals surface area contributed by atoms with Crippen molar-refractivity contribution in [3.63, 3.8) is 0 Å². The van der Waals surface area contributed by atoms with E-state index in [0.29, 0.717) is 17.2 Å². The molecule has 0 bridgehead atoms. The van der Waals surface area contributed by atoms with E-state index in [1.165, 1.54) is 6.92 Å². The van der Waals surface area contributed by atoms with Gasteiger partial charge in [-0.2, -0.15) is 0 Å². The van der Waals surface area contributed by atoms with Crippen molar-refractivity contribution in [1.29, 1.82) is 0 Å². The second-order valence-electron chi connectivity index (χ2n) is 5.14. The third kappa shape index (κ3) is 5.42. The fourth-order valence-corrected chi connectivity index (χ4v) is 2.28. The van der Waals surface area contributed by atoms with Crippen molar-refractivity contribution in [2.75, 3.05) is 6.61 Å². The summed E-state index contributed by atoms with van der Waals surface area (Å²) in [5, 5.41) is 3.14. The lowest BCUT2D eigenvalue weighted by Crippen LogP contribution is -2.43. The van der Waals surface area contributed by atoms with Crippen LogP contribution in [0.1, 0.15) is 12.5 Å². The maximum atomic E-state index is 12.0. The van der Waals surface area contributed by atoms with Crippen LogP contribution in [0.2, 0.25) is 5.02 Å². The van der Waals surface area contributed by atoms with Gasteiger partial charge < -0.3 is 10.1 Å². The van der Waals surface area contributed by atoms with Crippen molar-refractivity contribution in [2.45, 2.75) is 19.4 Å². The third-order valence-corrected chi connectivity index (χ3v) is 3.62. The zero-order chi connectivity index (χ0) is 16.7. The Bertz CT molecular complexity index is 673. The van der Waals surface area contributed by atoms with Crippen LogP contribution >= 0.6 is 11.6 Å². The number of halogens is 1. The van der Waals surface area contributed by atoms with E-state index in [-0.39, 0.29) is 18.3 Å². The number of rotatable bonds is 7. The average molecular weight is 332 g/mol. The molecule has 1 atom stereocenters. The maximum absolute atomic E-state index is 12.0. The third-order valence-electron chi connectivity index (χ3n) is 3.30. The number of amides is 1. The Morgan fingerprint density at radius 1 is 1.09 bits per heavy atom. The summed E-state index contributed by atoms with van der Waals surface area (Å²) in [4.78, 5) is 23.7. The summed E-state index contributed by atoms with van der Waals surface area (Å²) in [5.41, 5.74) is 0.986. The molecule has 0 spiro atoms. The normalized spacial score (nSPS) is 11.6. The lowest BCUT2D eigenvalue weighted by atomic mass is 10.0. The Kier molecular flexibility index (Phi) is 6.18. The summed E-state index contributed by atoms with van der Waals surface area (Å²) in [6.45, 7) is 1.27. The average Bonchev–Trinajstić information content (AvgIpc) is 2.54. The molecule has 0 radical (unpaired) electrons. The van der Waals surface area contributed by atoms with E-state index in [2.05, 4.69) is 5.32 Å². The molecule has 0 unspecified atom stereocenters. The van der Waals surface area contributed by atoms with Gasteiger partial charge in [-0.05, 0) is 31.0 Å². The SMILES string of the molecule is CC(=O)[C@@H](Cc1ccccc1)NC(=O)COc1ccccc1Cl. The first-order chi connectivity index (χ1) is 11.1. The van der Waals surface area contributed by atoms with Crippen LogP contribution in [0, 0.1) is 0 Å². The van der Waals surface area contributed by atoms with Crippen LogP contribution in [-0.2, 0) is 16.0 Å². The van der Waals surface area contributed by atoms with Crippen molar-refractivity contribution in [2.24, 2.45) is 0 Å². The minimum absolute atomic E-state index is 0.0973. The molecule has 5 heteroatoms. The van der Waals surface area contributed by atoms with Gasteiger partial charge in [0.15, 0.2) is 12.4 Å². The number of nitrogens with one attached hydrogen (secondary N) is 1. The molecule has 0 saturated heterocycles. The van der Waals surface area contributed by atoms with Crippen molar-refractivity contribution >= 4 is 23.3 Å². The fraction of sp³-hybridized carbons (Fsp3) is 0.222. The first-order valence-electron chi connectivity index (χ1n) is 7.27. The van der Waals surface area contributed by atoms with Gasteiger partial charge >= 0.3 is 0 Å². The summed E-state index contributed by atoms with van der Waals surface area (Å²) >= 11 is 5.96. The Balaban J connectivity index is 1.91. The lowest BCUT2D eigenvalue weighted by Gasteiger charge is -2.16. The summed E-state index contributed by atoms with van der Waals surface area (Å²) in [6, 6.07) is 15.9. The highest BCUT2D eigenvalue weighted by molar-refractivity contribution is 6.32. The van der Waals surface area contributed by atoms with Crippen LogP contribution in [0.5, 0.6) is 5.75 Å². The zero-order valence-corrected chi connectivity index (χ0v) is 13.5. The molecule has 0 aliphatic carbocycles. The number of para-hydroxylation sites is 1. The minimum atomic E-state index is -0.570. The fourth-order valence-electron chi connectivity index (χ4n) is 2.09. The van der Waals surface area contributed by atoms with E-state index < -0.39 is 6.04 Å². The molecule has 0 heterocycles. The number of ether oxygens (including phenoxy) is 1. The quantitative estimate of drug-likeness (QED) is 0.848. The van der Waals surface area contributed by atoms with Crippen molar-refractivity contribution in [3.05, 3.63) is 65.2 Å². The molecule has 4 nitrogen and oxygen atoms in total. The van der Waals surface area contributed by atoms with Gasteiger partial charge in [-0.3, -0.25) is 9.59 Å². The summed E-state index contributed by atoms with van der Waals surface area (Å²) in [6.07, 6.45) is 0.452. The van der Waals surface area contributed by atoms with Crippen LogP contribution < -0.4 is 10.1 Å². The summed E-state index contributed by atoms with van der Waals surface area (Å²) in [7, 11) is 0. The Morgan fingerprint density at radius 3 is 2.39 bits per heavy atom. The molecule has 0 saturated carbocycles. The first-order valence-corrected chi connectivity index (χ1v) is 7.65. The van der Waals surface area contributed by atoms with Gasteiger partial charge in [0.25, 0.3) is 5.91 Å². The predicted molar refractivity (Wildman–Crippen MR) is 89.7 cm³/mol. The lowest BCUT2D eigenvalue weighted by molar-refractivity contribution is -0.128. The van der Waals surface area contributed by atoms with Crippen LogP contribution in [-0.4, -0.2) is 24.3 Å². The van der Waals surface area contributed by atoms with E-state index in [1.54, 1.807) is 24.3 Å². The van der Waals surface area contributed by atoms with Gasteiger partial charge in [-0.15, -0.1) is 0 Å². The largest absolute Gasteiger partial charge is 0.482 e. The van der Waals surface area contributed by atoms with Crippen molar-refractivity contribution in [1.82, 2.24) is 5.32 Å². The van der Waals surface area contributed by atoms with Gasteiger partial charge in [-0.25, -0.2) is 0 Å². The molecular weight excluding hydrogens is 314 g/mol. The number of carbonyl (C=O) groups is 2. The molecule has 1 N–H and O–H groups in total. The maximum Gasteiger partial charge on any atom is 0.258 e. The van der Waals surface area contributed by atoms with Crippen LogP contribution in [0.3, 0.4) is 0 Å². The Morgan fingerprint density at radius 2 is 1.74 bits per heavy atom. The second kappa shape index (κ2) is 8.34. The van der Waals surface area contributed by atoms with E-state index in [4.69, 9.17) is 16.3 Å². The minimum Gasteiger partial charge on any atom is -0.482 e. The molecule has 120 valence electrons. The molecular formula is C18H18ClNO3. The van der Waals surface area contributed by atoms with E-state index >= 15 is 0 Å². The predicted octanol–water partition coefficient (Wildman–Crippen LogP) is 3.04. The molecule has 2 aromatic rings. The highest BCUT2D eigenvalue weighted by Gasteiger charge is 2.18. The zero-order valence-electron chi connectivity index (χ0n) is 12.8. The monoisotopic (exact) mass is 331 g/mol. The Labute approximate surface area is 140 Å². The molecule has 0 aromatic heterocycles. The molecule has 2 aromatic carbocycles. The van der Waals surface area contributed by atoms with Crippen LogP contribution in [0.4, 0.5) is 0 Å². The molecule has 1 amide bonds. The topological polar surface area (TPSA) is 55.4 Å². The highest BCUT2D eigenvalue weighted by Crippen LogP contribution is 2.22.